The molecular weight excluding hydrogens is 312 g/mol. The molecule has 1 atom stereocenters. The zero-order valence-electron chi connectivity index (χ0n) is 14.6. The van der Waals surface area contributed by atoms with Crippen molar-refractivity contribution in [3.05, 3.63) is 65.4 Å². The first-order valence-electron chi connectivity index (χ1n) is 8.76. The van der Waals surface area contributed by atoms with Crippen LogP contribution in [0.3, 0.4) is 0 Å². The molecular formula is C20H22N4O. The minimum Gasteiger partial charge on any atom is -0.337 e. The molecule has 1 aliphatic carbocycles. The lowest BCUT2D eigenvalue weighted by atomic mass is 9.91. The topological polar surface area (TPSA) is 50.5 Å². The van der Waals surface area contributed by atoms with Crippen LogP contribution in [-0.4, -0.2) is 32.2 Å². The first-order valence-corrected chi connectivity index (χ1v) is 8.76. The molecule has 0 bridgehead atoms. The predicted molar refractivity (Wildman–Crippen MR) is 96.3 cm³/mol. The highest BCUT2D eigenvalue weighted by Crippen LogP contribution is 2.32. The highest BCUT2D eigenvalue weighted by Gasteiger charge is 2.28. The number of carbonyl (C=O) groups excluding carboxylic acids is 1. The van der Waals surface area contributed by atoms with Crippen LogP contribution in [0.15, 0.2) is 42.9 Å². The van der Waals surface area contributed by atoms with E-state index in [9.17, 15) is 4.79 Å². The minimum atomic E-state index is 0.0679. The fourth-order valence-electron chi connectivity index (χ4n) is 3.75. The summed E-state index contributed by atoms with van der Waals surface area (Å²) in [5.41, 5.74) is 5.27. The second kappa shape index (κ2) is 6.31. The number of likely N-dealkylation sites (N-methyl/N-ethyl adjacent to an activating group) is 1. The van der Waals surface area contributed by atoms with Gasteiger partial charge in [-0.15, -0.1) is 0 Å². The largest absolute Gasteiger partial charge is 0.337 e. The van der Waals surface area contributed by atoms with Crippen LogP contribution in [0, 0.1) is 6.92 Å². The third-order valence-electron chi connectivity index (χ3n) is 5.17. The van der Waals surface area contributed by atoms with Crippen LogP contribution >= 0.6 is 0 Å². The minimum absolute atomic E-state index is 0.0679. The molecule has 0 fully saturated rings. The molecule has 25 heavy (non-hydrogen) atoms. The van der Waals surface area contributed by atoms with Crippen LogP contribution in [-0.2, 0) is 17.6 Å². The van der Waals surface area contributed by atoms with Gasteiger partial charge in [0.1, 0.15) is 5.65 Å². The SMILES string of the molecule is Cc1cccn2c(CC(=O)N(C)C3CCCc4cccnc43)cnc12. The number of hydrogen-bond donors (Lipinski definition) is 0. The Balaban J connectivity index is 1.58. The van der Waals surface area contributed by atoms with Gasteiger partial charge in [0.05, 0.1) is 23.9 Å². The summed E-state index contributed by atoms with van der Waals surface area (Å²) < 4.78 is 2.01. The van der Waals surface area contributed by atoms with E-state index in [1.165, 1.54) is 5.56 Å². The van der Waals surface area contributed by atoms with Crippen LogP contribution in [0.2, 0.25) is 0 Å². The first-order chi connectivity index (χ1) is 12.1. The smallest absolute Gasteiger partial charge is 0.228 e. The molecule has 0 aromatic carbocycles. The van der Waals surface area contributed by atoms with E-state index >= 15 is 0 Å². The summed E-state index contributed by atoms with van der Waals surface area (Å²) in [6, 6.07) is 8.19. The lowest BCUT2D eigenvalue weighted by molar-refractivity contribution is -0.131. The number of pyridine rings is 2. The molecule has 1 aliphatic rings. The van der Waals surface area contributed by atoms with Crippen molar-refractivity contribution in [2.45, 2.75) is 38.6 Å². The highest BCUT2D eigenvalue weighted by molar-refractivity contribution is 5.79. The van der Waals surface area contributed by atoms with Crippen molar-refractivity contribution < 1.29 is 4.79 Å². The Kier molecular flexibility index (Phi) is 3.99. The average Bonchev–Trinajstić information content (AvgIpc) is 3.05. The molecule has 3 aromatic heterocycles. The number of imidazole rings is 1. The van der Waals surface area contributed by atoms with Gasteiger partial charge in [0.15, 0.2) is 0 Å². The van der Waals surface area contributed by atoms with Crippen molar-refractivity contribution >= 4 is 11.6 Å². The fourth-order valence-corrected chi connectivity index (χ4v) is 3.75. The molecule has 128 valence electrons. The Hall–Kier alpha value is -2.69. The van der Waals surface area contributed by atoms with Crippen LogP contribution in [0.4, 0.5) is 0 Å². The molecule has 1 unspecified atom stereocenters. The molecule has 0 saturated heterocycles. The molecule has 5 heteroatoms. The normalized spacial score (nSPS) is 16.6. The predicted octanol–water partition coefficient (Wildman–Crippen LogP) is 3.12. The molecule has 3 heterocycles. The maximum absolute atomic E-state index is 12.9. The molecule has 4 rings (SSSR count). The van der Waals surface area contributed by atoms with Gasteiger partial charge in [0, 0.05) is 25.6 Å². The van der Waals surface area contributed by atoms with E-state index in [4.69, 9.17) is 0 Å². The maximum Gasteiger partial charge on any atom is 0.228 e. The third kappa shape index (κ3) is 2.80. The van der Waals surface area contributed by atoms with E-state index < -0.39 is 0 Å². The van der Waals surface area contributed by atoms with Crippen molar-refractivity contribution in [2.75, 3.05) is 7.05 Å². The van der Waals surface area contributed by atoms with Gasteiger partial charge in [0.25, 0.3) is 0 Å². The van der Waals surface area contributed by atoms with Gasteiger partial charge in [-0.1, -0.05) is 12.1 Å². The summed E-state index contributed by atoms with van der Waals surface area (Å²) in [6.45, 7) is 2.03. The molecule has 0 radical (unpaired) electrons. The van der Waals surface area contributed by atoms with Gasteiger partial charge in [0.2, 0.25) is 5.91 Å². The first kappa shape index (κ1) is 15.8. The molecule has 0 saturated carbocycles. The Bertz CT molecular complexity index is 930. The van der Waals surface area contributed by atoms with E-state index in [0.29, 0.717) is 6.42 Å². The number of fused-ring (bicyclic) bond motifs is 2. The second-order valence-electron chi connectivity index (χ2n) is 6.77. The maximum atomic E-state index is 12.9. The van der Waals surface area contributed by atoms with Crippen molar-refractivity contribution in [3.63, 3.8) is 0 Å². The standard InChI is InChI=1S/C20H22N4O/c1-14-6-5-11-24-16(13-22-20(14)24)12-18(25)23(2)17-9-3-7-15-8-4-10-21-19(15)17/h4-6,8,10-11,13,17H,3,7,9,12H2,1-2H3. The molecule has 0 spiro atoms. The molecule has 0 N–H and O–H groups in total. The fraction of sp³-hybridized carbons (Fsp3) is 0.350. The van der Waals surface area contributed by atoms with E-state index in [1.54, 1.807) is 6.20 Å². The number of aromatic nitrogens is 3. The lowest BCUT2D eigenvalue weighted by Gasteiger charge is -2.32. The van der Waals surface area contributed by atoms with Crippen LogP contribution in [0.5, 0.6) is 0 Å². The second-order valence-corrected chi connectivity index (χ2v) is 6.77. The van der Waals surface area contributed by atoms with Gasteiger partial charge < -0.3 is 9.30 Å². The van der Waals surface area contributed by atoms with Crippen LogP contribution < -0.4 is 0 Å². The third-order valence-corrected chi connectivity index (χ3v) is 5.17. The van der Waals surface area contributed by atoms with E-state index in [-0.39, 0.29) is 11.9 Å². The lowest BCUT2D eigenvalue weighted by Crippen LogP contribution is -2.35. The number of nitrogens with zero attached hydrogens (tertiary/aromatic N) is 4. The van der Waals surface area contributed by atoms with E-state index in [2.05, 4.69) is 16.0 Å². The molecule has 0 aliphatic heterocycles. The van der Waals surface area contributed by atoms with Crippen molar-refractivity contribution in [1.29, 1.82) is 0 Å². The summed E-state index contributed by atoms with van der Waals surface area (Å²) in [7, 11) is 1.89. The van der Waals surface area contributed by atoms with E-state index in [0.717, 1.165) is 41.9 Å². The summed E-state index contributed by atoms with van der Waals surface area (Å²) in [6.07, 6.45) is 9.06. The van der Waals surface area contributed by atoms with Crippen molar-refractivity contribution in [3.8, 4) is 0 Å². The highest BCUT2D eigenvalue weighted by atomic mass is 16.2. The van der Waals surface area contributed by atoms with Gasteiger partial charge in [-0.3, -0.25) is 9.78 Å². The number of hydrogen-bond acceptors (Lipinski definition) is 3. The summed E-state index contributed by atoms with van der Waals surface area (Å²) in [5, 5.41) is 0. The Labute approximate surface area is 147 Å². The Morgan fingerprint density at radius 2 is 2.20 bits per heavy atom. The summed E-state index contributed by atoms with van der Waals surface area (Å²) >= 11 is 0. The van der Waals surface area contributed by atoms with E-state index in [1.807, 2.05) is 53.9 Å². The number of carbonyl (C=O) groups is 1. The molecule has 3 aromatic rings. The monoisotopic (exact) mass is 334 g/mol. The van der Waals surface area contributed by atoms with Gasteiger partial charge in [-0.05, 0) is 49.4 Å². The molecule has 1 amide bonds. The zero-order valence-corrected chi connectivity index (χ0v) is 14.6. The number of amides is 1. The van der Waals surface area contributed by atoms with Crippen molar-refractivity contribution in [1.82, 2.24) is 19.3 Å². The Morgan fingerprint density at radius 3 is 3.08 bits per heavy atom. The summed E-state index contributed by atoms with van der Waals surface area (Å²) in [5.74, 6) is 0.104. The van der Waals surface area contributed by atoms with Crippen LogP contribution in [0.1, 0.15) is 41.4 Å². The summed E-state index contributed by atoms with van der Waals surface area (Å²) in [4.78, 5) is 23.8. The van der Waals surface area contributed by atoms with Gasteiger partial charge in [-0.2, -0.15) is 0 Å². The van der Waals surface area contributed by atoms with Gasteiger partial charge >= 0.3 is 0 Å². The van der Waals surface area contributed by atoms with Gasteiger partial charge in [-0.25, -0.2) is 4.98 Å². The Morgan fingerprint density at radius 1 is 1.32 bits per heavy atom. The molecule has 5 nitrogen and oxygen atoms in total. The number of rotatable bonds is 3. The average molecular weight is 334 g/mol. The quantitative estimate of drug-likeness (QED) is 0.739. The van der Waals surface area contributed by atoms with Crippen molar-refractivity contribution in [2.24, 2.45) is 0 Å². The zero-order chi connectivity index (χ0) is 17.4. The van der Waals surface area contributed by atoms with Crippen LogP contribution in [0.25, 0.3) is 5.65 Å². The number of aryl methyl sites for hydroxylation is 2.